The van der Waals surface area contributed by atoms with Crippen LogP contribution in [0.5, 0.6) is 23.0 Å². The predicted molar refractivity (Wildman–Crippen MR) is 162 cm³/mol. The fourth-order valence-corrected chi connectivity index (χ4v) is 6.97. The number of carboxylic acid groups (broad SMARTS) is 2. The molecular weight excluding hydrogens is 634 g/mol. The summed E-state index contributed by atoms with van der Waals surface area (Å²) < 4.78 is 53.8. The zero-order chi connectivity index (χ0) is 32.6. The molecule has 0 radical (unpaired) electrons. The van der Waals surface area contributed by atoms with Gasteiger partial charge in [0.25, 0.3) is 0 Å². The summed E-state index contributed by atoms with van der Waals surface area (Å²) in [5, 5.41) is 18.5. The number of hydrogen-bond acceptors (Lipinski definition) is 10. The van der Waals surface area contributed by atoms with Gasteiger partial charge in [0.1, 0.15) is 0 Å². The lowest BCUT2D eigenvalue weighted by molar-refractivity contribution is -0.141. The van der Waals surface area contributed by atoms with Crippen LogP contribution in [0.25, 0.3) is 20.2 Å². The number of halogens is 2. The summed E-state index contributed by atoms with van der Waals surface area (Å²) in [6.07, 6.45) is 0.242. The van der Waals surface area contributed by atoms with E-state index in [2.05, 4.69) is 0 Å². The molecule has 45 heavy (non-hydrogen) atoms. The van der Waals surface area contributed by atoms with Crippen LogP contribution in [-0.4, -0.2) is 61.2 Å². The van der Waals surface area contributed by atoms with Crippen LogP contribution in [0.2, 0.25) is 0 Å². The lowest BCUT2D eigenvalue weighted by Gasteiger charge is -2.14. The number of carbonyl (C=O) groups is 4. The molecule has 0 spiro atoms. The third kappa shape index (κ3) is 6.43. The molecule has 1 saturated carbocycles. The smallest absolute Gasteiger partial charge is 0.307 e. The third-order valence-corrected chi connectivity index (χ3v) is 9.68. The van der Waals surface area contributed by atoms with Crippen molar-refractivity contribution >= 4 is 66.4 Å². The molecule has 10 nitrogen and oxygen atoms in total. The molecule has 2 heterocycles. The maximum absolute atomic E-state index is 15.5. The van der Waals surface area contributed by atoms with Gasteiger partial charge in [-0.05, 0) is 18.6 Å². The average Bonchev–Trinajstić information content (AvgIpc) is 3.51. The molecular formula is C31H28F2O10S2. The molecule has 1 aliphatic carbocycles. The highest BCUT2D eigenvalue weighted by Crippen LogP contribution is 2.45. The fourth-order valence-electron chi connectivity index (χ4n) is 4.84. The number of aliphatic carboxylic acids is 2. The van der Waals surface area contributed by atoms with Crippen molar-refractivity contribution in [2.45, 2.75) is 26.2 Å². The topological polar surface area (TPSA) is 146 Å². The summed E-state index contributed by atoms with van der Waals surface area (Å²) in [5.41, 5.74) is 0. The number of ketones is 2. The van der Waals surface area contributed by atoms with Crippen LogP contribution in [0.4, 0.5) is 8.78 Å². The normalized spacial score (nSPS) is 16.4. The minimum atomic E-state index is -1.10. The highest BCUT2D eigenvalue weighted by atomic mass is 32.1. The zero-order valence-electron chi connectivity index (χ0n) is 24.3. The average molecular weight is 663 g/mol. The van der Waals surface area contributed by atoms with Crippen LogP contribution in [0.1, 0.15) is 45.5 Å². The summed E-state index contributed by atoms with van der Waals surface area (Å²) in [7, 11) is 2.69. The van der Waals surface area contributed by atoms with Gasteiger partial charge in [-0.15, -0.1) is 22.7 Å². The Balaban J connectivity index is 1.25. The molecule has 1 aliphatic rings. The van der Waals surface area contributed by atoms with Gasteiger partial charge in [-0.25, -0.2) is 8.78 Å². The molecule has 1 fully saturated rings. The molecule has 0 saturated heterocycles. The van der Waals surface area contributed by atoms with Gasteiger partial charge in [0.05, 0.1) is 49.0 Å². The second-order valence-electron chi connectivity index (χ2n) is 10.6. The van der Waals surface area contributed by atoms with E-state index in [0.717, 1.165) is 22.7 Å². The summed E-state index contributed by atoms with van der Waals surface area (Å²) >= 11 is 2.08. The quantitative estimate of drug-likeness (QED) is 0.107. The van der Waals surface area contributed by atoms with E-state index in [-0.39, 0.29) is 81.8 Å². The molecule has 4 aromatic rings. The van der Waals surface area contributed by atoms with Crippen molar-refractivity contribution in [2.75, 3.05) is 27.4 Å². The van der Waals surface area contributed by atoms with Gasteiger partial charge in [-0.2, -0.15) is 0 Å². The van der Waals surface area contributed by atoms with E-state index in [4.69, 9.17) is 29.2 Å². The van der Waals surface area contributed by atoms with Crippen molar-refractivity contribution in [3.63, 3.8) is 0 Å². The maximum atomic E-state index is 15.5. The number of rotatable bonds is 15. The first kappa shape index (κ1) is 32.1. The number of ether oxygens (including phenoxy) is 4. The number of benzene rings is 2. The Labute approximate surface area is 263 Å². The summed E-state index contributed by atoms with van der Waals surface area (Å²) in [6.45, 7) is 1.34. The van der Waals surface area contributed by atoms with Gasteiger partial charge < -0.3 is 29.2 Å². The minimum absolute atomic E-state index is 0.0396. The van der Waals surface area contributed by atoms with E-state index in [1.165, 1.54) is 39.3 Å². The van der Waals surface area contributed by atoms with Gasteiger partial charge in [-0.1, -0.05) is 6.92 Å². The monoisotopic (exact) mass is 662 g/mol. The van der Waals surface area contributed by atoms with Crippen LogP contribution in [0.15, 0.2) is 24.3 Å². The highest BCUT2D eigenvalue weighted by molar-refractivity contribution is 7.21. The molecule has 0 bridgehead atoms. The van der Waals surface area contributed by atoms with Crippen LogP contribution in [0, 0.1) is 29.4 Å². The maximum Gasteiger partial charge on any atom is 0.307 e. The molecule has 0 aliphatic heterocycles. The van der Waals surface area contributed by atoms with Crippen molar-refractivity contribution < 1.29 is 57.1 Å². The number of carbonyl (C=O) groups excluding carboxylic acids is 2. The van der Waals surface area contributed by atoms with Gasteiger partial charge in [0.15, 0.2) is 46.2 Å². The number of Topliss-reactive ketones (excluding diaryl/α,β-unsaturated/α-hetero) is 2. The Bertz CT molecular complexity index is 1830. The zero-order valence-corrected chi connectivity index (χ0v) is 25.9. The summed E-state index contributed by atoms with van der Waals surface area (Å²) in [5.74, 6) is -6.70. The predicted octanol–water partition coefficient (Wildman–Crippen LogP) is 6.46. The molecule has 238 valence electrons. The van der Waals surface area contributed by atoms with E-state index in [0.29, 0.717) is 9.40 Å². The molecule has 2 N–H and O–H groups in total. The molecule has 14 heteroatoms. The minimum Gasteiger partial charge on any atom is -0.493 e. The Morgan fingerprint density at radius 1 is 0.844 bits per heavy atom. The standard InChI is InChI=1S/C31H28F2O10S2/c1-13(30(36)37)7-18(34)23-9-16-21(44-23)11-19(40-2)28(25(16)32)42-5-4-6-43-29-20(41-3)12-22-17(26(29)33)10-24(45-22)27(35)14-8-15(14)31(38)39/h9-15H,4-8H2,1-3H3,(H,36,37)(H,38,39)/t13-,14+,15+/m0/s1. The lowest BCUT2D eigenvalue weighted by Crippen LogP contribution is -2.13. The number of carboxylic acids is 2. The Morgan fingerprint density at radius 3 is 1.82 bits per heavy atom. The highest BCUT2D eigenvalue weighted by Gasteiger charge is 2.48. The van der Waals surface area contributed by atoms with Gasteiger partial charge in [-0.3, -0.25) is 19.2 Å². The first-order chi connectivity index (χ1) is 21.4. The van der Waals surface area contributed by atoms with Crippen LogP contribution in [-0.2, 0) is 9.59 Å². The molecule has 0 amide bonds. The summed E-state index contributed by atoms with van der Waals surface area (Å²) in [4.78, 5) is 48.0. The van der Waals surface area contributed by atoms with Crippen molar-refractivity contribution in [1.82, 2.24) is 0 Å². The second kappa shape index (κ2) is 13.0. The first-order valence-electron chi connectivity index (χ1n) is 13.8. The number of methoxy groups -OCH3 is 2. The fraction of sp³-hybridized carbons (Fsp3) is 0.355. The number of thiophene rings is 2. The van der Waals surface area contributed by atoms with E-state index in [1.807, 2.05) is 0 Å². The van der Waals surface area contributed by atoms with Crippen molar-refractivity contribution in [2.24, 2.45) is 17.8 Å². The van der Waals surface area contributed by atoms with Crippen molar-refractivity contribution in [1.29, 1.82) is 0 Å². The largest absolute Gasteiger partial charge is 0.493 e. The Hall–Kier alpha value is -4.30. The van der Waals surface area contributed by atoms with Crippen LogP contribution in [0.3, 0.4) is 0 Å². The third-order valence-electron chi connectivity index (χ3n) is 7.46. The molecule has 2 aromatic heterocycles. The van der Waals surface area contributed by atoms with E-state index in [9.17, 15) is 19.2 Å². The molecule has 0 unspecified atom stereocenters. The molecule has 3 atom stereocenters. The van der Waals surface area contributed by atoms with E-state index < -0.39 is 47.1 Å². The lowest BCUT2D eigenvalue weighted by atomic mass is 10.0. The second-order valence-corrected chi connectivity index (χ2v) is 12.7. The van der Waals surface area contributed by atoms with E-state index in [1.54, 1.807) is 6.07 Å². The van der Waals surface area contributed by atoms with Crippen LogP contribution < -0.4 is 18.9 Å². The Morgan fingerprint density at radius 2 is 1.36 bits per heavy atom. The first-order valence-corrected chi connectivity index (χ1v) is 15.5. The van der Waals surface area contributed by atoms with Crippen molar-refractivity contribution in [3.8, 4) is 23.0 Å². The van der Waals surface area contributed by atoms with Gasteiger partial charge in [0.2, 0.25) is 0 Å². The van der Waals surface area contributed by atoms with E-state index >= 15 is 8.78 Å². The van der Waals surface area contributed by atoms with Crippen LogP contribution >= 0.6 is 22.7 Å². The SMILES string of the molecule is COc1cc2sc(C(=O)C[C@H](C)C(=O)O)cc2c(F)c1OCCCOc1c(OC)cc2sc(C(=O)[C@@H]3C[C@H]3C(=O)O)cc2c1F. The molecule has 2 aromatic carbocycles. The van der Waals surface area contributed by atoms with Crippen molar-refractivity contribution in [3.05, 3.63) is 45.7 Å². The summed E-state index contributed by atoms with van der Waals surface area (Å²) in [6, 6.07) is 5.84. The van der Waals surface area contributed by atoms with Gasteiger partial charge in [0, 0.05) is 51.1 Å². The Kier molecular flexibility index (Phi) is 9.26. The van der Waals surface area contributed by atoms with Gasteiger partial charge >= 0.3 is 11.9 Å². The molecule has 5 rings (SSSR count). The number of fused-ring (bicyclic) bond motifs is 2. The number of hydrogen-bond donors (Lipinski definition) is 2.